The summed E-state index contributed by atoms with van der Waals surface area (Å²) < 4.78 is 61.2. The standard InChI is InChI=1S/C63H76N7O16/c1-5-77-55(73)35-69(37-57(75)84-39-82-41(3)71)50-21-9-10-22-52(50)80-29-30-81-54-34-53(79-28-12-8-7-11-23-65-66-64)47(33-51(54)70(36-56(74)78-6-2)38-58(76)85-40-83-42(4)72)59-48-31-43-17-13-24-67-26-15-19-45(60(43)67)62(48)86-63-46-20-16-27-68-25-14-18-44(61(46)68)32-49(59)63/h9-10,21-22,31-34H,5-8,11-20,23-30,35-40H2,1-4H3/q+1. The van der Waals surface area contributed by atoms with Crippen molar-refractivity contribution < 1.29 is 76.1 Å². The van der Waals surface area contributed by atoms with Crippen LogP contribution in [-0.2, 0) is 82.9 Å². The van der Waals surface area contributed by atoms with E-state index in [-0.39, 0.29) is 44.5 Å². The maximum Gasteiger partial charge on any atom is 0.328 e. The van der Waals surface area contributed by atoms with Crippen LogP contribution in [0.2, 0.25) is 0 Å². The number of hydrogen-bond acceptors (Lipinski definition) is 20. The monoisotopic (exact) mass is 1190 g/mol. The van der Waals surface area contributed by atoms with Gasteiger partial charge in [-0.2, -0.15) is 0 Å². The summed E-state index contributed by atoms with van der Waals surface area (Å²) in [6.07, 6.45) is 10.4. The van der Waals surface area contributed by atoms with Crippen LogP contribution in [0.4, 0.5) is 17.1 Å². The minimum atomic E-state index is -0.814. The molecule has 0 bridgehead atoms. The van der Waals surface area contributed by atoms with Crippen molar-refractivity contribution in [3.63, 3.8) is 0 Å². The summed E-state index contributed by atoms with van der Waals surface area (Å²) in [6.45, 7) is 7.20. The molecule has 0 aromatic heterocycles. The largest absolute Gasteiger partial charge is 0.493 e. The fourth-order valence-corrected chi connectivity index (χ4v) is 12.0. The molecule has 0 unspecified atom stereocenters. The molecule has 0 amide bonds. The maximum absolute atomic E-state index is 13.9. The normalized spacial score (nSPS) is 14.1. The first-order valence-corrected chi connectivity index (χ1v) is 29.8. The van der Waals surface area contributed by atoms with E-state index >= 15 is 0 Å². The van der Waals surface area contributed by atoms with Crippen molar-refractivity contribution in [2.75, 3.05) is 120 Å². The Labute approximate surface area is 499 Å². The second-order valence-corrected chi connectivity index (χ2v) is 21.4. The van der Waals surface area contributed by atoms with Crippen molar-refractivity contribution in [2.24, 2.45) is 5.11 Å². The predicted octanol–water partition coefficient (Wildman–Crippen LogP) is 6.70. The Morgan fingerprint density at radius 1 is 0.605 bits per heavy atom. The number of para-hydroxylation sites is 2. The number of esters is 6. The lowest BCUT2D eigenvalue weighted by Gasteiger charge is -2.39. The Kier molecular flexibility index (Phi) is 21.5. The third-order valence-corrected chi connectivity index (χ3v) is 15.5. The summed E-state index contributed by atoms with van der Waals surface area (Å²) in [7, 11) is 0. The fourth-order valence-electron chi connectivity index (χ4n) is 12.0. The lowest BCUT2D eigenvalue weighted by atomic mass is 9.82. The second-order valence-electron chi connectivity index (χ2n) is 21.4. The van der Waals surface area contributed by atoms with E-state index < -0.39 is 69.0 Å². The van der Waals surface area contributed by atoms with E-state index in [1.54, 1.807) is 44.2 Å². The zero-order valence-corrected chi connectivity index (χ0v) is 49.6. The van der Waals surface area contributed by atoms with Gasteiger partial charge in [0.2, 0.25) is 18.9 Å². The number of azide groups is 1. The fraction of sp³-hybridized carbons (Fsp3) is 0.508. The Morgan fingerprint density at radius 3 is 1.87 bits per heavy atom. The molecule has 5 aliphatic heterocycles. The molecule has 4 aromatic carbocycles. The molecule has 4 aromatic rings. The average Bonchev–Trinajstić information content (AvgIpc) is 0.753. The number of benzene rings is 4. The Hall–Kier alpha value is -8.72. The van der Waals surface area contributed by atoms with Crippen LogP contribution in [0.3, 0.4) is 0 Å². The molecule has 0 spiro atoms. The molecule has 23 heteroatoms. The number of anilines is 3. The highest BCUT2D eigenvalue weighted by Crippen LogP contribution is 2.51. The third kappa shape index (κ3) is 15.2. The number of unbranched alkanes of at least 4 members (excludes halogenated alkanes) is 3. The lowest BCUT2D eigenvalue weighted by Crippen LogP contribution is -2.45. The van der Waals surface area contributed by atoms with E-state index in [0.29, 0.717) is 42.3 Å². The number of ether oxygens (including phenoxy) is 10. The Balaban J connectivity index is 1.18. The molecule has 9 rings (SSSR count). The Bertz CT molecular complexity index is 3370. The molecule has 0 fully saturated rings. The van der Waals surface area contributed by atoms with Crippen molar-refractivity contribution in [3.8, 4) is 28.7 Å². The van der Waals surface area contributed by atoms with Gasteiger partial charge in [-0.1, -0.05) is 30.1 Å². The molecule has 0 saturated carbocycles. The molecule has 86 heavy (non-hydrogen) atoms. The number of carbonyl (C=O) groups is 6. The van der Waals surface area contributed by atoms with E-state index in [2.05, 4.69) is 31.6 Å². The highest BCUT2D eigenvalue weighted by Gasteiger charge is 2.37. The average molecular weight is 1190 g/mol. The molecule has 0 saturated heterocycles. The number of hydrogen-bond donors (Lipinski definition) is 0. The highest BCUT2D eigenvalue weighted by molar-refractivity contribution is 5.94. The van der Waals surface area contributed by atoms with Gasteiger partial charge in [0.1, 0.15) is 81.2 Å². The summed E-state index contributed by atoms with van der Waals surface area (Å²) in [5, 5.41) is 5.87. The van der Waals surface area contributed by atoms with Gasteiger partial charge in [0.15, 0.2) is 0 Å². The second kappa shape index (κ2) is 29.9. The van der Waals surface area contributed by atoms with Gasteiger partial charge in [0, 0.05) is 96.0 Å². The van der Waals surface area contributed by atoms with Crippen LogP contribution in [0.5, 0.6) is 28.7 Å². The van der Waals surface area contributed by atoms with Crippen LogP contribution < -0.4 is 48.8 Å². The van der Waals surface area contributed by atoms with Gasteiger partial charge in [-0.3, -0.25) is 28.8 Å². The third-order valence-electron chi connectivity index (χ3n) is 15.5. The molecule has 0 aliphatic carbocycles. The molecular weight excluding hydrogens is 1110 g/mol. The van der Waals surface area contributed by atoms with Crippen molar-refractivity contribution in [2.45, 2.75) is 105 Å². The van der Waals surface area contributed by atoms with Crippen LogP contribution in [0.1, 0.15) is 112 Å². The number of nitrogens with zero attached hydrogens (tertiary/aromatic N) is 7. The molecule has 5 heterocycles. The first kappa shape index (κ1) is 61.8. The van der Waals surface area contributed by atoms with Gasteiger partial charge in [-0.05, 0) is 107 Å². The van der Waals surface area contributed by atoms with E-state index in [1.807, 2.05) is 6.07 Å². The zero-order chi connectivity index (χ0) is 60.5. The van der Waals surface area contributed by atoms with Gasteiger partial charge in [0.05, 0.1) is 36.8 Å². The minimum absolute atomic E-state index is 0.0572. The first-order chi connectivity index (χ1) is 41.8. The summed E-state index contributed by atoms with van der Waals surface area (Å²) >= 11 is 0. The SMILES string of the molecule is CCOC(=O)CN(CC(=O)OCOC(C)=O)c1ccccc1OCCOc1cc(OCCCCCCN=[N+]=[N-])c(C2=c3cc4c5c(c3Oc3c2cc2c6c3CCCN6CCC2)CCC[N+]=5CCC4)cc1N(CC(=O)OCC)CC(=O)OCOC(C)=O. The smallest absolute Gasteiger partial charge is 0.328 e. The summed E-state index contributed by atoms with van der Waals surface area (Å²) in [5.41, 5.74) is 18.1. The van der Waals surface area contributed by atoms with Crippen molar-refractivity contribution in [3.05, 3.63) is 103 Å². The molecule has 0 radical (unpaired) electrons. The van der Waals surface area contributed by atoms with Gasteiger partial charge < -0.3 is 62.1 Å². The van der Waals surface area contributed by atoms with Crippen molar-refractivity contribution in [1.82, 2.24) is 4.58 Å². The number of fused-ring (bicyclic) bond motifs is 4. The van der Waals surface area contributed by atoms with Gasteiger partial charge in [-0.25, -0.2) is 4.58 Å². The Morgan fingerprint density at radius 2 is 1.20 bits per heavy atom. The molecule has 0 atom stereocenters. The molecule has 5 aliphatic rings. The predicted molar refractivity (Wildman–Crippen MR) is 315 cm³/mol. The van der Waals surface area contributed by atoms with E-state index in [9.17, 15) is 28.8 Å². The highest BCUT2D eigenvalue weighted by atomic mass is 16.7. The van der Waals surface area contributed by atoms with E-state index in [1.165, 1.54) is 56.9 Å². The van der Waals surface area contributed by atoms with Crippen LogP contribution in [0.15, 0.2) is 53.6 Å². The number of carbonyl (C=O) groups excluding carboxylic acids is 6. The van der Waals surface area contributed by atoms with Crippen LogP contribution >= 0.6 is 0 Å². The quantitative estimate of drug-likeness (QED) is 0.00677. The lowest BCUT2D eigenvalue weighted by molar-refractivity contribution is -0.166. The molecule has 0 N–H and O–H groups in total. The van der Waals surface area contributed by atoms with Crippen LogP contribution in [0, 0.1) is 0 Å². The summed E-state index contributed by atoms with van der Waals surface area (Å²) in [5.74, 6) is -1.60. The number of rotatable bonds is 30. The van der Waals surface area contributed by atoms with Gasteiger partial charge in [0.25, 0.3) is 0 Å². The van der Waals surface area contributed by atoms with Gasteiger partial charge >= 0.3 is 35.8 Å². The first-order valence-electron chi connectivity index (χ1n) is 29.8. The topological polar surface area (TPSA) is 256 Å². The summed E-state index contributed by atoms with van der Waals surface area (Å²) in [6, 6.07) is 15.0. The van der Waals surface area contributed by atoms with Crippen molar-refractivity contribution >= 4 is 58.5 Å². The van der Waals surface area contributed by atoms with Crippen LogP contribution in [0.25, 0.3) is 16.0 Å². The molecule has 23 nitrogen and oxygen atoms in total. The molecule has 458 valence electrons. The molecular formula is C63H76N7O16+. The van der Waals surface area contributed by atoms with Crippen LogP contribution in [-0.4, -0.2) is 141 Å². The number of aryl methyl sites for hydroxylation is 2. The van der Waals surface area contributed by atoms with Crippen molar-refractivity contribution in [1.29, 1.82) is 0 Å². The maximum atomic E-state index is 13.9. The zero-order valence-electron chi connectivity index (χ0n) is 49.6. The minimum Gasteiger partial charge on any atom is -0.493 e. The van der Waals surface area contributed by atoms with E-state index in [4.69, 9.17) is 52.9 Å². The van der Waals surface area contributed by atoms with Gasteiger partial charge in [-0.15, -0.1) is 0 Å². The van der Waals surface area contributed by atoms with E-state index in [0.717, 1.165) is 125 Å². The summed E-state index contributed by atoms with van der Waals surface area (Å²) in [4.78, 5) is 85.2.